The summed E-state index contributed by atoms with van der Waals surface area (Å²) < 4.78 is 1.03. The quantitative estimate of drug-likeness (QED) is 0.341. The molecule has 0 radical (unpaired) electrons. The van der Waals surface area contributed by atoms with Crippen molar-refractivity contribution < 1.29 is 0 Å². The molecule has 3 aromatic rings. The van der Waals surface area contributed by atoms with Crippen molar-refractivity contribution in [3.05, 3.63) is 111 Å². The zero-order valence-electron chi connectivity index (χ0n) is 16.8. The van der Waals surface area contributed by atoms with Gasteiger partial charge in [-0.15, -0.1) is 0 Å². The molecule has 0 spiro atoms. The fourth-order valence-electron chi connectivity index (χ4n) is 3.53. The number of hydrogen-bond acceptors (Lipinski definition) is 4. The third kappa shape index (κ3) is 4.39. The molecule has 5 rings (SSSR count). The summed E-state index contributed by atoms with van der Waals surface area (Å²) in [5.74, 6) is 0.675. The van der Waals surface area contributed by atoms with Crippen LogP contribution in [0.4, 0.5) is 0 Å². The number of aromatic nitrogens is 2. The normalized spacial score (nSPS) is 19.4. The first-order valence-corrected chi connectivity index (χ1v) is 12.0. The van der Waals surface area contributed by atoms with Crippen LogP contribution in [0.25, 0.3) is 21.9 Å². The molecule has 7 heteroatoms. The van der Waals surface area contributed by atoms with Crippen molar-refractivity contribution in [2.45, 2.75) is 0 Å². The molecule has 0 amide bonds. The molecule has 2 aliphatic rings. The van der Waals surface area contributed by atoms with Crippen molar-refractivity contribution in [2.24, 2.45) is 5.92 Å². The van der Waals surface area contributed by atoms with E-state index in [2.05, 4.69) is 61.6 Å². The average Bonchev–Trinajstić information content (AvgIpc) is 3.44. The van der Waals surface area contributed by atoms with E-state index in [9.17, 15) is 0 Å². The summed E-state index contributed by atoms with van der Waals surface area (Å²) in [7, 11) is 0. The lowest BCUT2D eigenvalue weighted by Gasteiger charge is -2.13. The number of rotatable bonds is 4. The molecule has 1 unspecified atom stereocenters. The van der Waals surface area contributed by atoms with E-state index in [-0.39, 0.29) is 5.92 Å². The first kappa shape index (κ1) is 21.1. The Morgan fingerprint density at radius 3 is 2.59 bits per heavy atom. The summed E-state index contributed by atoms with van der Waals surface area (Å²) in [6.07, 6.45) is 9.38. The fraction of sp³-hybridized carbons (Fsp3) is 0.0400. The average molecular weight is 522 g/mol. The SMILES string of the molecule is N=C1C=C(Cl)C=CC1C=C1NC(c2ccc(Br)cc2)=C(c2ncc(-c3ccccc3)[nH]2)S1. The third-order valence-corrected chi connectivity index (χ3v) is 6.97. The van der Waals surface area contributed by atoms with Crippen LogP contribution in [0.2, 0.25) is 0 Å². The van der Waals surface area contributed by atoms with Gasteiger partial charge in [0.2, 0.25) is 0 Å². The summed E-state index contributed by atoms with van der Waals surface area (Å²) in [5, 5.41) is 13.3. The molecule has 0 saturated carbocycles. The Kier molecular flexibility index (Phi) is 5.91. The van der Waals surface area contributed by atoms with Gasteiger partial charge in [-0.3, -0.25) is 0 Å². The molecule has 1 aliphatic heterocycles. The molecule has 2 heterocycles. The van der Waals surface area contributed by atoms with E-state index in [0.717, 1.165) is 42.7 Å². The zero-order chi connectivity index (χ0) is 22.1. The van der Waals surface area contributed by atoms with Crippen LogP contribution in [-0.4, -0.2) is 15.7 Å². The van der Waals surface area contributed by atoms with Crippen LogP contribution in [0.3, 0.4) is 0 Å². The van der Waals surface area contributed by atoms with E-state index in [1.807, 2.05) is 48.7 Å². The smallest absolute Gasteiger partial charge is 0.146 e. The van der Waals surface area contributed by atoms with Crippen molar-refractivity contribution in [3.63, 3.8) is 0 Å². The van der Waals surface area contributed by atoms with Crippen molar-refractivity contribution in [3.8, 4) is 11.3 Å². The van der Waals surface area contributed by atoms with Crippen LogP contribution in [0.5, 0.6) is 0 Å². The van der Waals surface area contributed by atoms with E-state index in [0.29, 0.717) is 10.7 Å². The standard InChI is InChI=1S/C25H18BrClN4S/c26-18-9-6-16(7-10-18)23-24(25-29-14-21(30-25)15-4-2-1-3-5-15)32-22(31-23)12-17-8-11-19(27)13-20(17)28/h1-14,17,28,31H,(H,29,30). The van der Waals surface area contributed by atoms with E-state index in [4.69, 9.17) is 17.0 Å². The molecule has 0 bridgehead atoms. The minimum atomic E-state index is -0.130. The third-order valence-electron chi connectivity index (χ3n) is 5.14. The van der Waals surface area contributed by atoms with Crippen LogP contribution >= 0.6 is 39.3 Å². The number of benzene rings is 2. The molecule has 1 atom stereocenters. The molecule has 32 heavy (non-hydrogen) atoms. The molecular formula is C25H18BrClN4S. The maximum Gasteiger partial charge on any atom is 0.146 e. The van der Waals surface area contributed by atoms with Gasteiger partial charge < -0.3 is 15.7 Å². The van der Waals surface area contributed by atoms with Gasteiger partial charge in [-0.2, -0.15) is 0 Å². The minimum Gasteiger partial charge on any atom is -0.349 e. The van der Waals surface area contributed by atoms with Crippen molar-refractivity contribution in [2.75, 3.05) is 0 Å². The fourth-order valence-corrected chi connectivity index (χ4v) is 5.04. The van der Waals surface area contributed by atoms with Crippen molar-refractivity contribution in [1.29, 1.82) is 5.41 Å². The number of thioether (sulfide) groups is 1. The Balaban J connectivity index is 1.51. The lowest BCUT2D eigenvalue weighted by atomic mass is 9.98. The van der Waals surface area contributed by atoms with Crippen LogP contribution < -0.4 is 5.32 Å². The summed E-state index contributed by atoms with van der Waals surface area (Å²) in [6.45, 7) is 0. The second-order valence-corrected chi connectivity index (χ2v) is 9.75. The predicted octanol–water partition coefficient (Wildman–Crippen LogP) is 7.17. The van der Waals surface area contributed by atoms with Crippen molar-refractivity contribution >= 4 is 55.6 Å². The van der Waals surface area contributed by atoms with Crippen LogP contribution in [-0.2, 0) is 0 Å². The number of nitrogens with zero attached hydrogens (tertiary/aromatic N) is 1. The molecule has 2 aromatic carbocycles. The molecular weight excluding hydrogens is 504 g/mol. The molecule has 1 aromatic heterocycles. The Morgan fingerprint density at radius 1 is 1.06 bits per heavy atom. The highest BCUT2D eigenvalue weighted by Gasteiger charge is 2.26. The number of H-pyrrole nitrogens is 1. The zero-order valence-corrected chi connectivity index (χ0v) is 19.9. The topological polar surface area (TPSA) is 64.6 Å². The van der Waals surface area contributed by atoms with Crippen LogP contribution in [0.15, 0.2) is 99.6 Å². The highest BCUT2D eigenvalue weighted by atomic mass is 79.9. The van der Waals surface area contributed by atoms with Gasteiger partial charge in [0.1, 0.15) is 5.82 Å². The Hall–Kier alpha value is -2.80. The summed E-state index contributed by atoms with van der Waals surface area (Å²) in [6, 6.07) is 18.4. The summed E-state index contributed by atoms with van der Waals surface area (Å²) >= 11 is 11.2. The molecule has 4 nitrogen and oxygen atoms in total. The van der Waals surface area contributed by atoms with Crippen LogP contribution in [0, 0.1) is 11.3 Å². The largest absolute Gasteiger partial charge is 0.349 e. The maximum absolute atomic E-state index is 8.26. The second kappa shape index (κ2) is 8.98. The summed E-state index contributed by atoms with van der Waals surface area (Å²) in [5.41, 5.74) is 4.58. The number of nitrogens with one attached hydrogen (secondary N) is 3. The van der Waals surface area contributed by atoms with Gasteiger partial charge >= 0.3 is 0 Å². The van der Waals surface area contributed by atoms with Gasteiger partial charge in [-0.25, -0.2) is 4.98 Å². The number of halogens is 2. The monoisotopic (exact) mass is 520 g/mol. The summed E-state index contributed by atoms with van der Waals surface area (Å²) in [4.78, 5) is 9.17. The number of hydrogen-bond donors (Lipinski definition) is 3. The molecule has 0 saturated heterocycles. The maximum atomic E-state index is 8.26. The molecule has 0 fully saturated rings. The second-order valence-electron chi connectivity index (χ2n) is 7.35. The first-order chi connectivity index (χ1) is 15.6. The molecule has 1 aliphatic carbocycles. The molecule has 158 valence electrons. The lowest BCUT2D eigenvalue weighted by molar-refractivity contribution is 1.07. The van der Waals surface area contributed by atoms with Gasteiger partial charge in [-0.05, 0) is 41.5 Å². The Labute approximate surface area is 203 Å². The highest BCUT2D eigenvalue weighted by molar-refractivity contribution is 9.10. The molecule has 3 N–H and O–H groups in total. The predicted molar refractivity (Wildman–Crippen MR) is 138 cm³/mol. The van der Waals surface area contributed by atoms with E-state index >= 15 is 0 Å². The number of imidazole rings is 1. The number of allylic oxidation sites excluding steroid dienone is 5. The Bertz CT molecular complexity index is 1300. The Morgan fingerprint density at radius 2 is 1.84 bits per heavy atom. The van der Waals surface area contributed by atoms with E-state index in [1.54, 1.807) is 17.8 Å². The van der Waals surface area contributed by atoms with Gasteiger partial charge in [0.05, 0.1) is 27.5 Å². The van der Waals surface area contributed by atoms with E-state index < -0.39 is 0 Å². The lowest BCUT2D eigenvalue weighted by Crippen LogP contribution is -2.12. The first-order valence-electron chi connectivity index (χ1n) is 9.98. The number of aromatic amines is 1. The van der Waals surface area contributed by atoms with Crippen LogP contribution in [0.1, 0.15) is 11.4 Å². The van der Waals surface area contributed by atoms with Gasteiger partial charge in [0.15, 0.2) is 0 Å². The van der Waals surface area contributed by atoms with Gasteiger partial charge in [0.25, 0.3) is 0 Å². The van der Waals surface area contributed by atoms with Gasteiger partial charge in [-0.1, -0.05) is 87.8 Å². The van der Waals surface area contributed by atoms with Gasteiger partial charge in [0, 0.05) is 21.1 Å². The van der Waals surface area contributed by atoms with Crippen molar-refractivity contribution in [1.82, 2.24) is 15.3 Å². The minimum absolute atomic E-state index is 0.130. The van der Waals surface area contributed by atoms with E-state index in [1.165, 1.54) is 0 Å². The highest BCUT2D eigenvalue weighted by Crippen LogP contribution is 2.44.